The second-order valence-electron chi connectivity index (χ2n) is 7.38. The van der Waals surface area contributed by atoms with E-state index in [-0.39, 0.29) is 35.6 Å². The summed E-state index contributed by atoms with van der Waals surface area (Å²) in [5.41, 5.74) is 0.898. The predicted molar refractivity (Wildman–Crippen MR) is 100 cm³/mol. The van der Waals surface area contributed by atoms with Crippen LogP contribution in [0.4, 0.5) is 0 Å². The van der Waals surface area contributed by atoms with E-state index in [0.717, 1.165) is 5.56 Å². The molecule has 1 N–H and O–H groups in total. The number of likely N-dealkylation sites (tertiary alicyclic amines) is 1. The quantitative estimate of drug-likeness (QED) is 0.844. The van der Waals surface area contributed by atoms with Gasteiger partial charge in [0, 0.05) is 36.5 Å². The molecule has 6 nitrogen and oxygen atoms in total. The Bertz CT molecular complexity index is 657. The normalized spacial score (nSPS) is 19.8. The highest BCUT2D eigenvalue weighted by molar-refractivity contribution is 5.84. The van der Waals surface area contributed by atoms with Gasteiger partial charge in [-0.2, -0.15) is 0 Å². The molecule has 0 radical (unpaired) electrons. The topological polar surface area (TPSA) is 67.9 Å². The van der Waals surface area contributed by atoms with Crippen LogP contribution in [0.25, 0.3) is 0 Å². The maximum absolute atomic E-state index is 12.8. The Morgan fingerprint density at radius 1 is 1.12 bits per heavy atom. The van der Waals surface area contributed by atoms with Crippen molar-refractivity contribution in [1.29, 1.82) is 0 Å². The molecule has 1 aliphatic rings. The highest BCUT2D eigenvalue weighted by Gasteiger charge is 2.42. The van der Waals surface area contributed by atoms with Gasteiger partial charge in [0.2, 0.25) is 11.8 Å². The highest BCUT2D eigenvalue weighted by atomic mass is 16.5. The maximum atomic E-state index is 12.8. The summed E-state index contributed by atoms with van der Waals surface area (Å²) in [7, 11) is 3.22. The molecule has 1 fully saturated rings. The van der Waals surface area contributed by atoms with Crippen LogP contribution >= 0.6 is 0 Å². The molecule has 2 amide bonds. The first-order valence-corrected chi connectivity index (χ1v) is 9.09. The number of hydrogen-bond donors (Lipinski definition) is 1. The predicted octanol–water partition coefficient (Wildman–Crippen LogP) is 2.43. The zero-order chi connectivity index (χ0) is 19.4. The SMILES string of the molecule is COc1ccc(OC)c(C2CN(C(=O)C(C)C)CC2C(=O)NC(C)C)c1. The van der Waals surface area contributed by atoms with E-state index in [2.05, 4.69) is 5.32 Å². The van der Waals surface area contributed by atoms with E-state index in [4.69, 9.17) is 9.47 Å². The molecule has 6 heteroatoms. The van der Waals surface area contributed by atoms with E-state index < -0.39 is 0 Å². The van der Waals surface area contributed by atoms with Crippen molar-refractivity contribution in [3.63, 3.8) is 0 Å². The van der Waals surface area contributed by atoms with Gasteiger partial charge in [0.05, 0.1) is 20.1 Å². The summed E-state index contributed by atoms with van der Waals surface area (Å²) >= 11 is 0. The Labute approximate surface area is 155 Å². The first-order chi connectivity index (χ1) is 12.3. The van der Waals surface area contributed by atoms with Crippen molar-refractivity contribution in [1.82, 2.24) is 10.2 Å². The summed E-state index contributed by atoms with van der Waals surface area (Å²) in [6, 6.07) is 5.63. The Hall–Kier alpha value is -2.24. The molecule has 0 saturated carbocycles. The van der Waals surface area contributed by atoms with Gasteiger partial charge in [-0.05, 0) is 32.0 Å². The maximum Gasteiger partial charge on any atom is 0.225 e. The Morgan fingerprint density at radius 2 is 1.81 bits per heavy atom. The van der Waals surface area contributed by atoms with Gasteiger partial charge < -0.3 is 19.7 Å². The number of nitrogens with zero attached hydrogens (tertiary/aromatic N) is 1. The van der Waals surface area contributed by atoms with Crippen molar-refractivity contribution in [2.75, 3.05) is 27.3 Å². The zero-order valence-electron chi connectivity index (χ0n) is 16.5. The Balaban J connectivity index is 2.41. The van der Waals surface area contributed by atoms with Crippen LogP contribution in [0.1, 0.15) is 39.2 Å². The fourth-order valence-corrected chi connectivity index (χ4v) is 3.45. The summed E-state index contributed by atoms with van der Waals surface area (Å²) in [5.74, 6) is 0.887. The number of nitrogens with one attached hydrogen (secondary N) is 1. The molecule has 1 aliphatic heterocycles. The monoisotopic (exact) mass is 362 g/mol. The van der Waals surface area contributed by atoms with Crippen molar-refractivity contribution < 1.29 is 19.1 Å². The van der Waals surface area contributed by atoms with Gasteiger partial charge in [-0.15, -0.1) is 0 Å². The number of carbonyl (C=O) groups is 2. The van der Waals surface area contributed by atoms with Gasteiger partial charge in [-0.1, -0.05) is 13.8 Å². The molecule has 0 spiro atoms. The van der Waals surface area contributed by atoms with Crippen LogP contribution in [0, 0.1) is 11.8 Å². The Kier molecular flexibility index (Phi) is 6.51. The summed E-state index contributed by atoms with van der Waals surface area (Å²) < 4.78 is 10.9. The van der Waals surface area contributed by atoms with E-state index in [1.807, 2.05) is 45.9 Å². The lowest BCUT2D eigenvalue weighted by atomic mass is 9.87. The third kappa shape index (κ3) is 4.29. The molecule has 0 aliphatic carbocycles. The third-order valence-corrected chi connectivity index (χ3v) is 4.73. The zero-order valence-corrected chi connectivity index (χ0v) is 16.5. The van der Waals surface area contributed by atoms with Crippen LogP contribution in [0.15, 0.2) is 18.2 Å². The number of ether oxygens (including phenoxy) is 2. The van der Waals surface area contributed by atoms with Crippen molar-refractivity contribution in [3.8, 4) is 11.5 Å². The summed E-state index contributed by atoms with van der Waals surface area (Å²) in [5, 5.41) is 2.99. The highest BCUT2D eigenvalue weighted by Crippen LogP contribution is 2.40. The largest absolute Gasteiger partial charge is 0.497 e. The van der Waals surface area contributed by atoms with Crippen LogP contribution in [0.2, 0.25) is 0 Å². The summed E-state index contributed by atoms with van der Waals surface area (Å²) in [6.07, 6.45) is 0. The lowest BCUT2D eigenvalue weighted by Gasteiger charge is -2.22. The molecule has 1 heterocycles. The van der Waals surface area contributed by atoms with Crippen molar-refractivity contribution in [3.05, 3.63) is 23.8 Å². The van der Waals surface area contributed by atoms with Gasteiger partial charge in [0.25, 0.3) is 0 Å². The van der Waals surface area contributed by atoms with Gasteiger partial charge >= 0.3 is 0 Å². The summed E-state index contributed by atoms with van der Waals surface area (Å²) in [6.45, 7) is 8.54. The lowest BCUT2D eigenvalue weighted by Crippen LogP contribution is -2.39. The number of carbonyl (C=O) groups excluding carboxylic acids is 2. The van der Waals surface area contributed by atoms with Crippen molar-refractivity contribution in [2.45, 2.75) is 39.7 Å². The molecule has 1 aromatic rings. The first-order valence-electron chi connectivity index (χ1n) is 9.09. The number of amides is 2. The lowest BCUT2D eigenvalue weighted by molar-refractivity contribution is -0.133. The molecule has 2 rings (SSSR count). The molecule has 26 heavy (non-hydrogen) atoms. The molecule has 144 valence electrons. The van der Waals surface area contributed by atoms with E-state index in [1.54, 1.807) is 19.1 Å². The van der Waals surface area contributed by atoms with Crippen LogP contribution in [0.3, 0.4) is 0 Å². The van der Waals surface area contributed by atoms with Gasteiger partial charge in [-0.25, -0.2) is 0 Å². The first kappa shape index (κ1) is 20.1. The molecular weight excluding hydrogens is 332 g/mol. The molecule has 0 bridgehead atoms. The van der Waals surface area contributed by atoms with Crippen LogP contribution < -0.4 is 14.8 Å². The van der Waals surface area contributed by atoms with Crippen molar-refractivity contribution >= 4 is 11.8 Å². The standard InChI is InChI=1S/C20H30N2O4/c1-12(2)20(24)22-10-16(17(11-22)19(23)21-13(3)4)15-9-14(25-5)7-8-18(15)26-6/h7-9,12-13,16-17H,10-11H2,1-6H3,(H,21,23). The van der Waals surface area contributed by atoms with Crippen LogP contribution in [-0.4, -0.2) is 50.1 Å². The van der Waals surface area contributed by atoms with E-state index in [0.29, 0.717) is 24.6 Å². The summed E-state index contributed by atoms with van der Waals surface area (Å²) in [4.78, 5) is 27.1. The number of benzene rings is 1. The smallest absolute Gasteiger partial charge is 0.225 e. The van der Waals surface area contributed by atoms with E-state index in [1.165, 1.54) is 0 Å². The molecule has 2 atom stereocenters. The minimum atomic E-state index is -0.318. The third-order valence-electron chi connectivity index (χ3n) is 4.73. The van der Waals surface area contributed by atoms with Crippen molar-refractivity contribution in [2.24, 2.45) is 11.8 Å². The minimum Gasteiger partial charge on any atom is -0.497 e. The van der Waals surface area contributed by atoms with Gasteiger partial charge in [-0.3, -0.25) is 9.59 Å². The number of hydrogen-bond acceptors (Lipinski definition) is 4. The molecule has 2 unspecified atom stereocenters. The fourth-order valence-electron chi connectivity index (χ4n) is 3.45. The fraction of sp³-hybridized carbons (Fsp3) is 0.600. The molecule has 1 saturated heterocycles. The van der Waals surface area contributed by atoms with E-state index in [9.17, 15) is 9.59 Å². The average molecular weight is 362 g/mol. The molecular formula is C20H30N2O4. The van der Waals surface area contributed by atoms with Crippen LogP contribution in [-0.2, 0) is 9.59 Å². The minimum absolute atomic E-state index is 0.0334. The number of methoxy groups -OCH3 is 2. The number of rotatable bonds is 6. The van der Waals surface area contributed by atoms with Gasteiger partial charge in [0.15, 0.2) is 0 Å². The average Bonchev–Trinajstić information content (AvgIpc) is 3.04. The Morgan fingerprint density at radius 3 is 2.35 bits per heavy atom. The van der Waals surface area contributed by atoms with E-state index >= 15 is 0 Å². The second kappa shape index (κ2) is 8.43. The van der Waals surface area contributed by atoms with Gasteiger partial charge in [0.1, 0.15) is 11.5 Å². The molecule has 1 aromatic carbocycles. The van der Waals surface area contributed by atoms with Crippen LogP contribution in [0.5, 0.6) is 11.5 Å². The second-order valence-corrected chi connectivity index (χ2v) is 7.38. The molecule has 0 aromatic heterocycles.